The highest BCUT2D eigenvalue weighted by Crippen LogP contribution is 2.32. The molecule has 0 radical (unpaired) electrons. The molecule has 0 unspecified atom stereocenters. The van der Waals surface area contributed by atoms with Gasteiger partial charge in [0.15, 0.2) is 0 Å². The maximum Gasteiger partial charge on any atom is 0.303 e. The van der Waals surface area contributed by atoms with Crippen molar-refractivity contribution in [2.75, 3.05) is 37.6 Å². The van der Waals surface area contributed by atoms with Crippen LogP contribution >= 0.6 is 23.2 Å². The second-order valence-electron chi connectivity index (χ2n) is 4.90. The molecule has 1 saturated heterocycles. The van der Waals surface area contributed by atoms with Crippen LogP contribution in [0.4, 0.5) is 5.69 Å². The first-order valence-electron chi connectivity index (χ1n) is 6.71. The lowest BCUT2D eigenvalue weighted by atomic mass is 10.2. The highest BCUT2D eigenvalue weighted by atomic mass is 35.5. The van der Waals surface area contributed by atoms with E-state index in [1.165, 1.54) is 0 Å². The molecule has 1 aromatic carbocycles. The SMILES string of the molecule is O=C(O)CCCN1CCN(c2cccc(Cl)c2Cl)CC1. The number of rotatable bonds is 5. The normalized spacial score (nSPS) is 16.4. The van der Waals surface area contributed by atoms with E-state index < -0.39 is 5.97 Å². The molecule has 1 fully saturated rings. The molecular weight excluding hydrogens is 299 g/mol. The van der Waals surface area contributed by atoms with Gasteiger partial charge in [0.05, 0.1) is 15.7 Å². The smallest absolute Gasteiger partial charge is 0.303 e. The van der Waals surface area contributed by atoms with E-state index in [2.05, 4.69) is 9.80 Å². The number of anilines is 1. The molecule has 6 heteroatoms. The Balaban J connectivity index is 1.85. The van der Waals surface area contributed by atoms with Crippen LogP contribution in [0.15, 0.2) is 18.2 Å². The van der Waals surface area contributed by atoms with E-state index in [9.17, 15) is 4.79 Å². The zero-order chi connectivity index (χ0) is 14.5. The number of carbonyl (C=O) groups is 1. The number of hydrogen-bond acceptors (Lipinski definition) is 3. The minimum atomic E-state index is -0.727. The number of nitrogens with zero attached hydrogens (tertiary/aromatic N) is 2. The summed E-state index contributed by atoms with van der Waals surface area (Å²) in [6.07, 6.45) is 0.938. The van der Waals surface area contributed by atoms with Gasteiger partial charge in [-0.2, -0.15) is 0 Å². The Labute approximate surface area is 128 Å². The summed E-state index contributed by atoms with van der Waals surface area (Å²) in [5, 5.41) is 9.82. The average Bonchev–Trinajstić information content (AvgIpc) is 2.42. The van der Waals surface area contributed by atoms with Crippen molar-refractivity contribution in [3.8, 4) is 0 Å². The molecule has 1 aliphatic heterocycles. The fraction of sp³-hybridized carbons (Fsp3) is 0.500. The van der Waals surface area contributed by atoms with Gasteiger partial charge < -0.3 is 10.0 Å². The van der Waals surface area contributed by atoms with Crippen LogP contribution in [0, 0.1) is 0 Å². The zero-order valence-electron chi connectivity index (χ0n) is 11.2. The van der Waals surface area contributed by atoms with Gasteiger partial charge in [0.1, 0.15) is 0 Å². The Morgan fingerprint density at radius 1 is 1.20 bits per heavy atom. The molecular formula is C14H18Cl2N2O2. The van der Waals surface area contributed by atoms with Crippen molar-refractivity contribution in [3.63, 3.8) is 0 Å². The molecule has 1 N–H and O–H groups in total. The minimum absolute atomic E-state index is 0.236. The molecule has 1 aromatic rings. The summed E-state index contributed by atoms with van der Waals surface area (Å²) in [5.41, 5.74) is 0.976. The number of carboxylic acids is 1. The third-order valence-electron chi connectivity index (χ3n) is 3.51. The van der Waals surface area contributed by atoms with Crippen LogP contribution < -0.4 is 4.90 Å². The molecule has 0 spiro atoms. The second-order valence-corrected chi connectivity index (χ2v) is 5.68. The molecule has 20 heavy (non-hydrogen) atoms. The number of aliphatic carboxylic acids is 1. The highest BCUT2D eigenvalue weighted by molar-refractivity contribution is 6.43. The number of hydrogen-bond donors (Lipinski definition) is 1. The molecule has 0 amide bonds. The van der Waals surface area contributed by atoms with Crippen molar-refractivity contribution in [3.05, 3.63) is 28.2 Å². The van der Waals surface area contributed by atoms with Gasteiger partial charge in [-0.1, -0.05) is 29.3 Å². The molecule has 1 heterocycles. The highest BCUT2D eigenvalue weighted by Gasteiger charge is 2.19. The van der Waals surface area contributed by atoms with Gasteiger partial charge in [-0.25, -0.2) is 0 Å². The molecule has 0 aromatic heterocycles. The topological polar surface area (TPSA) is 43.8 Å². The average molecular weight is 317 g/mol. The first kappa shape index (κ1) is 15.4. The van der Waals surface area contributed by atoms with Gasteiger partial charge >= 0.3 is 5.97 Å². The standard InChI is InChI=1S/C14H18Cl2N2O2/c15-11-3-1-4-12(14(11)16)18-9-7-17(8-10-18)6-2-5-13(19)20/h1,3-4H,2,5-10H2,(H,19,20). The summed E-state index contributed by atoms with van der Waals surface area (Å²) in [7, 11) is 0. The molecule has 1 aliphatic rings. The summed E-state index contributed by atoms with van der Waals surface area (Å²) in [6.45, 7) is 4.44. The fourth-order valence-corrected chi connectivity index (χ4v) is 2.82. The second kappa shape index (κ2) is 7.16. The van der Waals surface area contributed by atoms with Crippen molar-refractivity contribution in [2.45, 2.75) is 12.8 Å². The van der Waals surface area contributed by atoms with E-state index in [1.807, 2.05) is 12.1 Å². The number of carboxylic acid groups (broad SMARTS) is 1. The third-order valence-corrected chi connectivity index (χ3v) is 4.32. The van der Waals surface area contributed by atoms with E-state index in [0.717, 1.165) is 38.4 Å². The van der Waals surface area contributed by atoms with Crippen molar-refractivity contribution in [1.82, 2.24) is 4.90 Å². The summed E-state index contributed by atoms with van der Waals surface area (Å²) < 4.78 is 0. The van der Waals surface area contributed by atoms with Crippen molar-refractivity contribution < 1.29 is 9.90 Å². The quantitative estimate of drug-likeness (QED) is 0.907. The summed E-state index contributed by atoms with van der Waals surface area (Å²) in [6, 6.07) is 5.67. The third kappa shape index (κ3) is 4.01. The van der Waals surface area contributed by atoms with Crippen LogP contribution in [0.3, 0.4) is 0 Å². The van der Waals surface area contributed by atoms with Gasteiger partial charge in [-0.15, -0.1) is 0 Å². The predicted molar refractivity (Wildman–Crippen MR) is 82.0 cm³/mol. The molecule has 2 rings (SSSR count). The van der Waals surface area contributed by atoms with Crippen LogP contribution in [-0.2, 0) is 4.79 Å². The van der Waals surface area contributed by atoms with Crippen molar-refractivity contribution >= 4 is 34.9 Å². The molecule has 0 bridgehead atoms. The molecule has 0 aliphatic carbocycles. The lowest BCUT2D eigenvalue weighted by Crippen LogP contribution is -2.46. The summed E-state index contributed by atoms with van der Waals surface area (Å²) in [5.74, 6) is -0.727. The lowest BCUT2D eigenvalue weighted by molar-refractivity contribution is -0.137. The monoisotopic (exact) mass is 316 g/mol. The van der Waals surface area contributed by atoms with Gasteiger partial charge in [-0.3, -0.25) is 9.69 Å². The van der Waals surface area contributed by atoms with Crippen LogP contribution in [0.25, 0.3) is 0 Å². The molecule has 0 atom stereocenters. The molecule has 0 saturated carbocycles. The van der Waals surface area contributed by atoms with Crippen LogP contribution in [-0.4, -0.2) is 48.7 Å². The number of benzene rings is 1. The van der Waals surface area contributed by atoms with Crippen LogP contribution in [0.2, 0.25) is 10.0 Å². The van der Waals surface area contributed by atoms with E-state index in [1.54, 1.807) is 6.07 Å². The Hall–Kier alpha value is -0.970. The largest absolute Gasteiger partial charge is 0.481 e. The minimum Gasteiger partial charge on any atom is -0.481 e. The number of halogens is 2. The lowest BCUT2D eigenvalue weighted by Gasteiger charge is -2.36. The Kier molecular flexibility index (Phi) is 5.52. The first-order chi connectivity index (χ1) is 9.58. The van der Waals surface area contributed by atoms with Crippen LogP contribution in [0.5, 0.6) is 0 Å². The fourth-order valence-electron chi connectivity index (χ4n) is 2.40. The van der Waals surface area contributed by atoms with Crippen LogP contribution in [0.1, 0.15) is 12.8 Å². The van der Waals surface area contributed by atoms with E-state index >= 15 is 0 Å². The van der Waals surface area contributed by atoms with Crippen molar-refractivity contribution in [2.24, 2.45) is 0 Å². The predicted octanol–water partition coefficient (Wildman–Crippen LogP) is 2.98. The van der Waals surface area contributed by atoms with Gasteiger partial charge in [-0.05, 0) is 25.1 Å². The van der Waals surface area contributed by atoms with E-state index in [4.69, 9.17) is 28.3 Å². The zero-order valence-corrected chi connectivity index (χ0v) is 12.7. The van der Waals surface area contributed by atoms with E-state index in [0.29, 0.717) is 16.5 Å². The summed E-state index contributed by atoms with van der Waals surface area (Å²) in [4.78, 5) is 15.0. The van der Waals surface area contributed by atoms with Gasteiger partial charge in [0.25, 0.3) is 0 Å². The maximum atomic E-state index is 10.5. The van der Waals surface area contributed by atoms with Crippen molar-refractivity contribution in [1.29, 1.82) is 0 Å². The summed E-state index contributed by atoms with van der Waals surface area (Å²) >= 11 is 12.3. The van der Waals surface area contributed by atoms with Gasteiger partial charge in [0.2, 0.25) is 0 Å². The Morgan fingerprint density at radius 3 is 2.55 bits per heavy atom. The Morgan fingerprint density at radius 2 is 1.90 bits per heavy atom. The number of piperazine rings is 1. The maximum absolute atomic E-state index is 10.5. The molecule has 4 nitrogen and oxygen atoms in total. The van der Waals surface area contributed by atoms with E-state index in [-0.39, 0.29) is 6.42 Å². The Bertz CT molecular complexity index is 474. The molecule has 110 valence electrons. The van der Waals surface area contributed by atoms with Gasteiger partial charge in [0, 0.05) is 32.6 Å². The first-order valence-corrected chi connectivity index (χ1v) is 7.46.